The first-order valence-corrected chi connectivity index (χ1v) is 6.76. The third-order valence-corrected chi connectivity index (χ3v) is 3.77. The highest BCUT2D eigenvalue weighted by molar-refractivity contribution is 5.51. The van der Waals surface area contributed by atoms with E-state index in [4.69, 9.17) is 9.47 Å². The molecule has 0 saturated carbocycles. The second-order valence-electron chi connectivity index (χ2n) is 4.76. The van der Waals surface area contributed by atoms with E-state index in [1.165, 1.54) is 24.0 Å². The van der Waals surface area contributed by atoms with Gasteiger partial charge in [-0.25, -0.2) is 0 Å². The molecule has 1 heterocycles. The zero-order valence-corrected chi connectivity index (χ0v) is 11.6. The van der Waals surface area contributed by atoms with Crippen molar-refractivity contribution in [2.75, 3.05) is 27.3 Å². The summed E-state index contributed by atoms with van der Waals surface area (Å²) in [5.74, 6) is 2.53. The topological polar surface area (TPSA) is 30.5 Å². The number of ether oxygens (including phenoxy) is 2. The zero-order valence-electron chi connectivity index (χ0n) is 11.6. The molecule has 3 nitrogen and oxygen atoms in total. The Labute approximate surface area is 109 Å². The average Bonchev–Trinajstić information content (AvgIpc) is 2.46. The lowest BCUT2D eigenvalue weighted by Crippen LogP contribution is -2.29. The molecule has 0 spiro atoms. The van der Waals surface area contributed by atoms with Gasteiger partial charge < -0.3 is 14.8 Å². The molecule has 0 aliphatic carbocycles. The predicted molar refractivity (Wildman–Crippen MR) is 73.8 cm³/mol. The van der Waals surface area contributed by atoms with Gasteiger partial charge in [-0.15, -0.1) is 0 Å². The van der Waals surface area contributed by atoms with Gasteiger partial charge in [0.1, 0.15) is 11.5 Å². The molecule has 1 saturated heterocycles. The van der Waals surface area contributed by atoms with Crippen molar-refractivity contribution in [2.45, 2.75) is 32.1 Å². The summed E-state index contributed by atoms with van der Waals surface area (Å²) in [6.07, 6.45) is 3.43. The SMILES string of the molecule is CCc1c(OC)ccc(OC)c1C1CCCNC1. The highest BCUT2D eigenvalue weighted by atomic mass is 16.5. The molecule has 0 radical (unpaired) electrons. The molecule has 0 aromatic heterocycles. The Hall–Kier alpha value is -1.22. The van der Waals surface area contributed by atoms with Gasteiger partial charge in [-0.1, -0.05) is 6.92 Å². The maximum Gasteiger partial charge on any atom is 0.122 e. The third-order valence-electron chi connectivity index (χ3n) is 3.77. The van der Waals surface area contributed by atoms with Crippen molar-refractivity contribution in [2.24, 2.45) is 0 Å². The van der Waals surface area contributed by atoms with Crippen LogP contribution in [-0.2, 0) is 6.42 Å². The van der Waals surface area contributed by atoms with E-state index in [-0.39, 0.29) is 0 Å². The fourth-order valence-electron chi connectivity index (χ4n) is 2.90. The number of rotatable bonds is 4. The van der Waals surface area contributed by atoms with Crippen LogP contribution in [0.15, 0.2) is 12.1 Å². The second kappa shape index (κ2) is 6.10. The lowest BCUT2D eigenvalue weighted by atomic mass is 9.86. The van der Waals surface area contributed by atoms with E-state index in [2.05, 4.69) is 12.2 Å². The van der Waals surface area contributed by atoms with Crippen LogP contribution in [0.4, 0.5) is 0 Å². The molecule has 1 N–H and O–H groups in total. The molecule has 1 unspecified atom stereocenters. The molecule has 0 bridgehead atoms. The highest BCUT2D eigenvalue weighted by Gasteiger charge is 2.23. The molecule has 1 aliphatic rings. The quantitative estimate of drug-likeness (QED) is 0.890. The molecule has 2 rings (SSSR count). The third kappa shape index (κ3) is 2.46. The van der Waals surface area contributed by atoms with Gasteiger partial charge in [0, 0.05) is 23.6 Å². The van der Waals surface area contributed by atoms with Crippen molar-refractivity contribution < 1.29 is 9.47 Å². The summed E-state index contributed by atoms with van der Waals surface area (Å²) in [5, 5.41) is 3.48. The summed E-state index contributed by atoms with van der Waals surface area (Å²) in [6.45, 7) is 4.35. The van der Waals surface area contributed by atoms with Gasteiger partial charge in [-0.2, -0.15) is 0 Å². The second-order valence-corrected chi connectivity index (χ2v) is 4.76. The normalized spacial score (nSPS) is 19.6. The van der Waals surface area contributed by atoms with E-state index < -0.39 is 0 Å². The molecule has 1 aromatic carbocycles. The molecule has 1 fully saturated rings. The average molecular weight is 249 g/mol. The van der Waals surface area contributed by atoms with Crippen molar-refractivity contribution in [3.63, 3.8) is 0 Å². The van der Waals surface area contributed by atoms with E-state index in [1.807, 2.05) is 12.1 Å². The summed E-state index contributed by atoms with van der Waals surface area (Å²) in [4.78, 5) is 0. The molecule has 1 aliphatic heterocycles. The predicted octanol–water partition coefficient (Wildman–Crippen LogP) is 2.73. The summed E-state index contributed by atoms with van der Waals surface area (Å²) < 4.78 is 11.0. The molecule has 1 aromatic rings. The maximum atomic E-state index is 5.56. The minimum Gasteiger partial charge on any atom is -0.496 e. The standard InChI is InChI=1S/C15H23NO2/c1-4-12-13(17-2)7-8-14(18-3)15(12)11-6-5-9-16-10-11/h7-8,11,16H,4-6,9-10H2,1-3H3. The number of benzene rings is 1. The van der Waals surface area contributed by atoms with Crippen molar-refractivity contribution in [1.82, 2.24) is 5.32 Å². The van der Waals surface area contributed by atoms with E-state index >= 15 is 0 Å². The van der Waals surface area contributed by atoms with E-state index in [0.717, 1.165) is 31.0 Å². The van der Waals surface area contributed by atoms with E-state index in [1.54, 1.807) is 14.2 Å². The highest BCUT2D eigenvalue weighted by Crippen LogP contribution is 2.38. The first-order valence-electron chi connectivity index (χ1n) is 6.76. The van der Waals surface area contributed by atoms with Crippen LogP contribution in [-0.4, -0.2) is 27.3 Å². The van der Waals surface area contributed by atoms with Gasteiger partial charge in [-0.05, 0) is 37.9 Å². The fourth-order valence-corrected chi connectivity index (χ4v) is 2.90. The Morgan fingerprint density at radius 2 is 1.94 bits per heavy atom. The van der Waals surface area contributed by atoms with Gasteiger partial charge in [0.05, 0.1) is 14.2 Å². The molecule has 100 valence electrons. The summed E-state index contributed by atoms with van der Waals surface area (Å²) in [6, 6.07) is 4.04. The smallest absolute Gasteiger partial charge is 0.122 e. The van der Waals surface area contributed by atoms with Crippen molar-refractivity contribution in [3.8, 4) is 11.5 Å². The van der Waals surface area contributed by atoms with Crippen molar-refractivity contribution in [3.05, 3.63) is 23.3 Å². The first kappa shape index (κ1) is 13.2. The Balaban J connectivity index is 2.45. The van der Waals surface area contributed by atoms with Gasteiger partial charge >= 0.3 is 0 Å². The van der Waals surface area contributed by atoms with E-state index in [9.17, 15) is 0 Å². The largest absolute Gasteiger partial charge is 0.496 e. The van der Waals surface area contributed by atoms with Crippen LogP contribution in [0.2, 0.25) is 0 Å². The number of methoxy groups -OCH3 is 2. The van der Waals surface area contributed by atoms with E-state index in [0.29, 0.717) is 5.92 Å². The van der Waals surface area contributed by atoms with Gasteiger partial charge in [0.15, 0.2) is 0 Å². The lowest BCUT2D eigenvalue weighted by Gasteiger charge is -2.27. The zero-order chi connectivity index (χ0) is 13.0. The fraction of sp³-hybridized carbons (Fsp3) is 0.600. The maximum absolute atomic E-state index is 5.56. The Morgan fingerprint density at radius 1 is 1.22 bits per heavy atom. The van der Waals surface area contributed by atoms with Gasteiger partial charge in [0.2, 0.25) is 0 Å². The minimum absolute atomic E-state index is 0.541. The Kier molecular flexibility index (Phi) is 4.48. The van der Waals surface area contributed by atoms with Crippen LogP contribution in [0.1, 0.15) is 36.8 Å². The summed E-state index contributed by atoms with van der Waals surface area (Å²) in [7, 11) is 3.49. The molecule has 0 amide bonds. The minimum atomic E-state index is 0.541. The van der Waals surface area contributed by atoms with Crippen LogP contribution < -0.4 is 14.8 Å². The summed E-state index contributed by atoms with van der Waals surface area (Å²) >= 11 is 0. The Morgan fingerprint density at radius 3 is 2.50 bits per heavy atom. The number of nitrogens with one attached hydrogen (secondary N) is 1. The number of piperidine rings is 1. The Bertz CT molecular complexity index is 398. The molecule has 18 heavy (non-hydrogen) atoms. The molecule has 1 atom stereocenters. The lowest BCUT2D eigenvalue weighted by molar-refractivity contribution is 0.380. The van der Waals surface area contributed by atoms with Gasteiger partial charge in [0.25, 0.3) is 0 Å². The van der Waals surface area contributed by atoms with Gasteiger partial charge in [-0.3, -0.25) is 0 Å². The van der Waals surface area contributed by atoms with Crippen LogP contribution in [0.25, 0.3) is 0 Å². The van der Waals surface area contributed by atoms with Crippen LogP contribution in [0.3, 0.4) is 0 Å². The van der Waals surface area contributed by atoms with Crippen molar-refractivity contribution in [1.29, 1.82) is 0 Å². The van der Waals surface area contributed by atoms with Crippen molar-refractivity contribution >= 4 is 0 Å². The number of hydrogen-bond donors (Lipinski definition) is 1. The van der Waals surface area contributed by atoms with Crippen LogP contribution in [0.5, 0.6) is 11.5 Å². The first-order chi connectivity index (χ1) is 8.81. The monoisotopic (exact) mass is 249 g/mol. The molecular weight excluding hydrogens is 226 g/mol. The molecular formula is C15H23NO2. The van der Waals surface area contributed by atoms with Crippen LogP contribution in [0, 0.1) is 0 Å². The van der Waals surface area contributed by atoms with Crippen LogP contribution >= 0.6 is 0 Å². The molecule has 3 heteroatoms. The summed E-state index contributed by atoms with van der Waals surface area (Å²) in [5.41, 5.74) is 2.64. The number of hydrogen-bond acceptors (Lipinski definition) is 3.